The third-order valence-electron chi connectivity index (χ3n) is 5.50. The molecule has 4 rings (SSSR count). The van der Waals surface area contributed by atoms with Gasteiger partial charge in [0.15, 0.2) is 0 Å². The topological polar surface area (TPSA) is 63.1 Å². The summed E-state index contributed by atoms with van der Waals surface area (Å²) in [6, 6.07) is 10.3. The lowest BCUT2D eigenvalue weighted by atomic mass is 10.1. The highest BCUT2D eigenvalue weighted by molar-refractivity contribution is 5.97. The van der Waals surface area contributed by atoms with Crippen LogP contribution >= 0.6 is 0 Å². The second-order valence-electron chi connectivity index (χ2n) is 7.40. The van der Waals surface area contributed by atoms with Crippen LogP contribution in [0.25, 0.3) is 11.0 Å². The highest BCUT2D eigenvalue weighted by atomic mass is 16.2. The minimum Gasteiger partial charge on any atom is -0.334 e. The van der Waals surface area contributed by atoms with Crippen LogP contribution in [-0.4, -0.2) is 44.0 Å². The molecule has 2 aromatic heterocycles. The van der Waals surface area contributed by atoms with Crippen LogP contribution in [0.1, 0.15) is 35.1 Å². The first-order chi connectivity index (χ1) is 13.0. The molecule has 3 heterocycles. The van der Waals surface area contributed by atoms with Gasteiger partial charge in [0.1, 0.15) is 5.82 Å². The second kappa shape index (κ2) is 7.12. The van der Waals surface area contributed by atoms with E-state index in [0.29, 0.717) is 6.04 Å². The monoisotopic (exact) mass is 363 g/mol. The normalized spacial score (nSPS) is 19.7. The van der Waals surface area contributed by atoms with Gasteiger partial charge in [-0.25, -0.2) is 4.98 Å². The molecule has 0 bridgehead atoms. The van der Waals surface area contributed by atoms with Crippen LogP contribution in [0.3, 0.4) is 0 Å². The number of rotatable bonds is 4. The maximum Gasteiger partial charge on any atom is 0.254 e. The quantitative estimate of drug-likeness (QED) is 0.774. The molecule has 0 saturated carbocycles. The molecule has 3 aromatic rings. The highest BCUT2D eigenvalue weighted by Crippen LogP contribution is 2.23. The summed E-state index contributed by atoms with van der Waals surface area (Å²) in [7, 11) is 1.98. The van der Waals surface area contributed by atoms with E-state index in [9.17, 15) is 4.79 Å². The van der Waals surface area contributed by atoms with Crippen LogP contribution in [0.5, 0.6) is 0 Å². The molecule has 0 radical (unpaired) electrons. The number of aryl methyl sites for hydroxylation is 2. The fourth-order valence-corrected chi connectivity index (χ4v) is 3.84. The van der Waals surface area contributed by atoms with Gasteiger partial charge in [0.25, 0.3) is 5.91 Å². The molecule has 1 aliphatic rings. The third kappa shape index (κ3) is 3.45. The van der Waals surface area contributed by atoms with Crippen molar-refractivity contribution in [2.45, 2.75) is 38.9 Å². The Bertz CT molecular complexity index is 965. The van der Waals surface area contributed by atoms with Crippen molar-refractivity contribution in [2.24, 2.45) is 7.05 Å². The SMILES string of the molecule is Cc1nc2ccc(C(=O)N3CC(NCc4cccnc4)CC3C)cc2n1C. The van der Waals surface area contributed by atoms with Crippen molar-refractivity contribution in [3.8, 4) is 0 Å². The maximum atomic E-state index is 13.1. The molecule has 1 N–H and O–H groups in total. The van der Waals surface area contributed by atoms with Gasteiger partial charge >= 0.3 is 0 Å². The predicted molar refractivity (Wildman–Crippen MR) is 105 cm³/mol. The van der Waals surface area contributed by atoms with Gasteiger partial charge in [-0.15, -0.1) is 0 Å². The van der Waals surface area contributed by atoms with E-state index in [0.717, 1.165) is 47.5 Å². The third-order valence-corrected chi connectivity index (χ3v) is 5.50. The number of fused-ring (bicyclic) bond motifs is 1. The van der Waals surface area contributed by atoms with E-state index >= 15 is 0 Å². The van der Waals surface area contributed by atoms with E-state index in [2.05, 4.69) is 28.3 Å². The van der Waals surface area contributed by atoms with Gasteiger partial charge in [-0.1, -0.05) is 6.07 Å². The molecule has 0 aliphatic carbocycles. The van der Waals surface area contributed by atoms with Crippen molar-refractivity contribution < 1.29 is 4.79 Å². The number of nitrogens with one attached hydrogen (secondary N) is 1. The van der Waals surface area contributed by atoms with Crippen molar-refractivity contribution in [3.63, 3.8) is 0 Å². The van der Waals surface area contributed by atoms with E-state index in [4.69, 9.17) is 0 Å². The van der Waals surface area contributed by atoms with Gasteiger partial charge < -0.3 is 14.8 Å². The van der Waals surface area contributed by atoms with Crippen molar-refractivity contribution in [2.75, 3.05) is 6.54 Å². The van der Waals surface area contributed by atoms with E-state index in [-0.39, 0.29) is 11.9 Å². The minimum atomic E-state index is 0.0916. The van der Waals surface area contributed by atoms with Gasteiger partial charge in [-0.2, -0.15) is 0 Å². The molecule has 6 nitrogen and oxygen atoms in total. The number of amides is 1. The second-order valence-corrected chi connectivity index (χ2v) is 7.40. The Labute approximate surface area is 159 Å². The summed E-state index contributed by atoms with van der Waals surface area (Å²) in [5, 5.41) is 3.56. The summed E-state index contributed by atoms with van der Waals surface area (Å²) in [4.78, 5) is 23.7. The largest absolute Gasteiger partial charge is 0.334 e. The predicted octanol–water partition coefficient (Wildman–Crippen LogP) is 2.67. The molecule has 6 heteroatoms. The molecule has 1 amide bonds. The fraction of sp³-hybridized carbons (Fsp3) is 0.381. The van der Waals surface area contributed by atoms with Crippen LogP contribution in [-0.2, 0) is 13.6 Å². The average Bonchev–Trinajstić information content (AvgIpc) is 3.19. The lowest BCUT2D eigenvalue weighted by Crippen LogP contribution is -2.36. The van der Waals surface area contributed by atoms with Crippen LogP contribution in [0.2, 0.25) is 0 Å². The summed E-state index contributed by atoms with van der Waals surface area (Å²) in [5.74, 6) is 1.04. The smallest absolute Gasteiger partial charge is 0.254 e. The molecule has 1 saturated heterocycles. The van der Waals surface area contributed by atoms with Crippen LogP contribution in [0.4, 0.5) is 0 Å². The lowest BCUT2D eigenvalue weighted by Gasteiger charge is -2.21. The van der Waals surface area contributed by atoms with Crippen LogP contribution in [0.15, 0.2) is 42.7 Å². The summed E-state index contributed by atoms with van der Waals surface area (Å²) in [5.41, 5.74) is 3.81. The number of imidazole rings is 1. The minimum absolute atomic E-state index is 0.0916. The first-order valence-electron chi connectivity index (χ1n) is 9.39. The molecule has 0 spiro atoms. The maximum absolute atomic E-state index is 13.1. The van der Waals surface area contributed by atoms with E-state index in [1.807, 2.05) is 53.9 Å². The number of benzene rings is 1. The molecular formula is C21H25N5O. The summed E-state index contributed by atoms with van der Waals surface area (Å²) < 4.78 is 2.03. The Hall–Kier alpha value is -2.73. The molecular weight excluding hydrogens is 338 g/mol. The number of nitrogens with zero attached hydrogens (tertiary/aromatic N) is 4. The molecule has 140 valence electrons. The molecule has 1 aliphatic heterocycles. The zero-order chi connectivity index (χ0) is 19.0. The summed E-state index contributed by atoms with van der Waals surface area (Å²) in [6.07, 6.45) is 4.61. The summed E-state index contributed by atoms with van der Waals surface area (Å²) in [6.45, 7) is 5.59. The first-order valence-corrected chi connectivity index (χ1v) is 9.39. The molecule has 27 heavy (non-hydrogen) atoms. The number of aromatic nitrogens is 3. The van der Waals surface area contributed by atoms with Crippen LogP contribution < -0.4 is 5.32 Å². The average molecular weight is 363 g/mol. The molecule has 1 aromatic carbocycles. The van der Waals surface area contributed by atoms with Crippen molar-refractivity contribution in [1.29, 1.82) is 0 Å². The fourth-order valence-electron chi connectivity index (χ4n) is 3.84. The number of hydrogen-bond donors (Lipinski definition) is 1. The first kappa shape index (κ1) is 17.7. The van der Waals surface area contributed by atoms with Crippen LogP contribution in [0, 0.1) is 6.92 Å². The standard InChI is InChI=1S/C21H25N5O/c1-14-9-18(23-12-16-5-4-8-22-11-16)13-26(14)21(27)17-6-7-19-20(10-17)25(3)15(2)24-19/h4-8,10-11,14,18,23H,9,12-13H2,1-3H3. The zero-order valence-corrected chi connectivity index (χ0v) is 16.0. The van der Waals surface area contributed by atoms with Gasteiger partial charge in [0, 0.05) is 50.2 Å². The molecule has 2 unspecified atom stereocenters. The van der Waals surface area contributed by atoms with Gasteiger partial charge in [-0.05, 0) is 50.1 Å². The number of likely N-dealkylation sites (tertiary alicyclic amines) is 1. The van der Waals surface area contributed by atoms with E-state index in [1.54, 1.807) is 6.20 Å². The Kier molecular flexibility index (Phi) is 4.66. The van der Waals surface area contributed by atoms with Crippen molar-refractivity contribution >= 4 is 16.9 Å². The highest BCUT2D eigenvalue weighted by Gasteiger charge is 2.32. The summed E-state index contributed by atoms with van der Waals surface area (Å²) >= 11 is 0. The lowest BCUT2D eigenvalue weighted by molar-refractivity contribution is 0.0745. The van der Waals surface area contributed by atoms with Gasteiger partial charge in [0.2, 0.25) is 0 Å². The number of pyridine rings is 1. The Morgan fingerprint density at radius 1 is 1.33 bits per heavy atom. The number of hydrogen-bond acceptors (Lipinski definition) is 4. The Morgan fingerprint density at radius 3 is 2.96 bits per heavy atom. The van der Waals surface area contributed by atoms with Gasteiger partial charge in [0.05, 0.1) is 11.0 Å². The number of carbonyl (C=O) groups excluding carboxylic acids is 1. The molecule has 2 atom stereocenters. The Balaban J connectivity index is 1.46. The van der Waals surface area contributed by atoms with Crippen molar-refractivity contribution in [3.05, 3.63) is 59.7 Å². The van der Waals surface area contributed by atoms with Crippen molar-refractivity contribution in [1.82, 2.24) is 24.8 Å². The molecule has 1 fully saturated rings. The van der Waals surface area contributed by atoms with Gasteiger partial charge in [-0.3, -0.25) is 9.78 Å². The van der Waals surface area contributed by atoms with E-state index in [1.165, 1.54) is 0 Å². The Morgan fingerprint density at radius 2 is 2.19 bits per heavy atom. The zero-order valence-electron chi connectivity index (χ0n) is 16.0. The number of carbonyl (C=O) groups is 1. The van der Waals surface area contributed by atoms with E-state index < -0.39 is 0 Å².